The standard InChI is InChI=1S/C13H19N3O/c1-9-3-2-6-16(8-9)12-5-4-10(13(15)17)7-11(12)14/h4-5,7,9H,2-3,6,8,14H2,1H3,(H2,15,17). The predicted octanol–water partition coefficient (Wildman–Crippen LogP) is 1.60. The fourth-order valence-corrected chi connectivity index (χ4v) is 2.40. The van der Waals surface area contributed by atoms with Crippen LogP contribution in [0.3, 0.4) is 0 Å². The zero-order chi connectivity index (χ0) is 12.4. The molecule has 92 valence electrons. The number of hydrogen-bond acceptors (Lipinski definition) is 3. The summed E-state index contributed by atoms with van der Waals surface area (Å²) in [6.07, 6.45) is 2.47. The first-order chi connectivity index (χ1) is 8.08. The van der Waals surface area contributed by atoms with Crippen molar-refractivity contribution >= 4 is 17.3 Å². The zero-order valence-electron chi connectivity index (χ0n) is 10.1. The maximum Gasteiger partial charge on any atom is 0.248 e. The normalized spacial score (nSPS) is 20.3. The highest BCUT2D eigenvalue weighted by Crippen LogP contribution is 2.28. The lowest BCUT2D eigenvalue weighted by Crippen LogP contribution is -2.34. The molecule has 4 N–H and O–H groups in total. The summed E-state index contributed by atoms with van der Waals surface area (Å²) in [4.78, 5) is 13.3. The maximum atomic E-state index is 11.0. The number of carbonyl (C=O) groups excluding carboxylic acids is 1. The Morgan fingerprint density at radius 1 is 1.47 bits per heavy atom. The quantitative estimate of drug-likeness (QED) is 0.762. The third kappa shape index (κ3) is 2.52. The lowest BCUT2D eigenvalue weighted by Gasteiger charge is -2.33. The van der Waals surface area contributed by atoms with Crippen LogP contribution in [0.1, 0.15) is 30.1 Å². The smallest absolute Gasteiger partial charge is 0.248 e. The van der Waals surface area contributed by atoms with Gasteiger partial charge in [-0.1, -0.05) is 6.92 Å². The molecule has 1 amide bonds. The second-order valence-corrected chi connectivity index (χ2v) is 4.83. The molecule has 17 heavy (non-hydrogen) atoms. The average molecular weight is 233 g/mol. The van der Waals surface area contributed by atoms with E-state index in [0.29, 0.717) is 17.2 Å². The Hall–Kier alpha value is -1.71. The van der Waals surface area contributed by atoms with Crippen LogP contribution in [0.2, 0.25) is 0 Å². The molecule has 1 saturated heterocycles. The molecule has 0 saturated carbocycles. The first-order valence-corrected chi connectivity index (χ1v) is 6.02. The van der Waals surface area contributed by atoms with Crippen LogP contribution in [0.4, 0.5) is 11.4 Å². The number of primary amides is 1. The number of amides is 1. The number of piperidine rings is 1. The van der Waals surface area contributed by atoms with Gasteiger partial charge in [0.15, 0.2) is 0 Å². The van der Waals surface area contributed by atoms with Gasteiger partial charge in [-0.05, 0) is 37.0 Å². The van der Waals surface area contributed by atoms with E-state index in [9.17, 15) is 4.79 Å². The Bertz CT molecular complexity index is 431. The van der Waals surface area contributed by atoms with Crippen LogP contribution in [0, 0.1) is 5.92 Å². The maximum absolute atomic E-state index is 11.0. The summed E-state index contributed by atoms with van der Waals surface area (Å²) < 4.78 is 0. The third-order valence-corrected chi connectivity index (χ3v) is 3.31. The fourth-order valence-electron chi connectivity index (χ4n) is 2.40. The van der Waals surface area contributed by atoms with Crippen molar-refractivity contribution in [2.75, 3.05) is 23.7 Å². The van der Waals surface area contributed by atoms with Gasteiger partial charge in [0.1, 0.15) is 0 Å². The molecule has 1 fully saturated rings. The van der Waals surface area contributed by atoms with Gasteiger partial charge >= 0.3 is 0 Å². The van der Waals surface area contributed by atoms with Crippen molar-refractivity contribution in [3.05, 3.63) is 23.8 Å². The Labute approximate surface area is 102 Å². The van der Waals surface area contributed by atoms with Crippen molar-refractivity contribution in [1.29, 1.82) is 0 Å². The molecule has 4 nitrogen and oxygen atoms in total. The monoisotopic (exact) mass is 233 g/mol. The topological polar surface area (TPSA) is 72.3 Å². The van der Waals surface area contributed by atoms with Crippen LogP contribution >= 0.6 is 0 Å². The van der Waals surface area contributed by atoms with Gasteiger partial charge in [0, 0.05) is 18.7 Å². The molecule has 1 aromatic carbocycles. The summed E-state index contributed by atoms with van der Waals surface area (Å²) in [5.74, 6) is 0.259. The van der Waals surface area contributed by atoms with E-state index in [4.69, 9.17) is 11.5 Å². The molecule has 4 heteroatoms. The van der Waals surface area contributed by atoms with Gasteiger partial charge in [-0.3, -0.25) is 4.79 Å². The number of rotatable bonds is 2. The Balaban J connectivity index is 2.23. The van der Waals surface area contributed by atoms with E-state index in [-0.39, 0.29) is 0 Å². The summed E-state index contributed by atoms with van der Waals surface area (Å²) in [5.41, 5.74) is 13.3. The van der Waals surface area contributed by atoms with Crippen molar-refractivity contribution < 1.29 is 4.79 Å². The average Bonchev–Trinajstić information content (AvgIpc) is 2.28. The number of hydrogen-bond donors (Lipinski definition) is 2. The van der Waals surface area contributed by atoms with E-state index in [0.717, 1.165) is 18.8 Å². The number of nitrogens with two attached hydrogens (primary N) is 2. The van der Waals surface area contributed by atoms with Crippen molar-refractivity contribution in [2.24, 2.45) is 11.7 Å². The minimum atomic E-state index is -0.435. The zero-order valence-corrected chi connectivity index (χ0v) is 10.1. The lowest BCUT2D eigenvalue weighted by atomic mass is 9.99. The molecular formula is C13H19N3O. The van der Waals surface area contributed by atoms with Gasteiger partial charge in [0.25, 0.3) is 0 Å². The molecule has 0 aliphatic carbocycles. The number of nitrogens with zero attached hydrogens (tertiary/aromatic N) is 1. The summed E-state index contributed by atoms with van der Waals surface area (Å²) in [6, 6.07) is 5.30. The summed E-state index contributed by atoms with van der Waals surface area (Å²) >= 11 is 0. The van der Waals surface area contributed by atoms with Crippen molar-refractivity contribution in [3.63, 3.8) is 0 Å². The van der Waals surface area contributed by atoms with E-state index in [1.807, 2.05) is 6.07 Å². The van der Waals surface area contributed by atoms with Crippen LogP contribution in [-0.4, -0.2) is 19.0 Å². The Morgan fingerprint density at radius 2 is 2.24 bits per heavy atom. The van der Waals surface area contributed by atoms with E-state index < -0.39 is 5.91 Å². The molecule has 1 unspecified atom stereocenters. The van der Waals surface area contributed by atoms with Gasteiger partial charge < -0.3 is 16.4 Å². The SMILES string of the molecule is CC1CCCN(c2ccc(C(N)=O)cc2N)C1. The second-order valence-electron chi connectivity index (χ2n) is 4.83. The number of carbonyl (C=O) groups is 1. The molecule has 1 heterocycles. The van der Waals surface area contributed by atoms with E-state index >= 15 is 0 Å². The number of nitrogen functional groups attached to an aromatic ring is 1. The van der Waals surface area contributed by atoms with Crippen LogP contribution in [0.25, 0.3) is 0 Å². The molecule has 1 aliphatic heterocycles. The van der Waals surface area contributed by atoms with Gasteiger partial charge in [0.05, 0.1) is 11.4 Å². The van der Waals surface area contributed by atoms with Crippen LogP contribution in [0.15, 0.2) is 18.2 Å². The van der Waals surface area contributed by atoms with Gasteiger partial charge in [0.2, 0.25) is 5.91 Å². The van der Waals surface area contributed by atoms with Gasteiger partial charge in [-0.2, -0.15) is 0 Å². The molecular weight excluding hydrogens is 214 g/mol. The van der Waals surface area contributed by atoms with E-state index in [1.165, 1.54) is 12.8 Å². The summed E-state index contributed by atoms with van der Waals surface area (Å²) in [6.45, 7) is 4.31. The summed E-state index contributed by atoms with van der Waals surface area (Å²) in [7, 11) is 0. The first-order valence-electron chi connectivity index (χ1n) is 6.02. The molecule has 1 aromatic rings. The molecule has 0 aromatic heterocycles. The Morgan fingerprint density at radius 3 is 2.82 bits per heavy atom. The number of anilines is 2. The lowest BCUT2D eigenvalue weighted by molar-refractivity contribution is 0.100. The van der Waals surface area contributed by atoms with Crippen LogP contribution < -0.4 is 16.4 Å². The Kier molecular flexibility index (Phi) is 3.22. The highest BCUT2D eigenvalue weighted by atomic mass is 16.1. The van der Waals surface area contributed by atoms with Crippen molar-refractivity contribution in [1.82, 2.24) is 0 Å². The van der Waals surface area contributed by atoms with E-state index in [1.54, 1.807) is 12.1 Å². The fraction of sp³-hybridized carbons (Fsp3) is 0.462. The summed E-state index contributed by atoms with van der Waals surface area (Å²) in [5, 5.41) is 0. The van der Waals surface area contributed by atoms with Crippen molar-refractivity contribution in [3.8, 4) is 0 Å². The number of benzene rings is 1. The largest absolute Gasteiger partial charge is 0.397 e. The van der Waals surface area contributed by atoms with Crippen molar-refractivity contribution in [2.45, 2.75) is 19.8 Å². The molecule has 0 radical (unpaired) electrons. The molecule has 1 atom stereocenters. The molecule has 1 aliphatic rings. The van der Waals surface area contributed by atoms with Crippen LogP contribution in [-0.2, 0) is 0 Å². The predicted molar refractivity (Wildman–Crippen MR) is 70.0 cm³/mol. The highest BCUT2D eigenvalue weighted by molar-refractivity contribution is 5.94. The van der Waals surface area contributed by atoms with Gasteiger partial charge in [-0.25, -0.2) is 0 Å². The molecule has 0 spiro atoms. The van der Waals surface area contributed by atoms with Crippen LogP contribution in [0.5, 0.6) is 0 Å². The second kappa shape index (κ2) is 4.65. The minimum Gasteiger partial charge on any atom is -0.397 e. The van der Waals surface area contributed by atoms with E-state index in [2.05, 4.69) is 11.8 Å². The molecule has 2 rings (SSSR count). The first kappa shape index (κ1) is 11.8. The highest BCUT2D eigenvalue weighted by Gasteiger charge is 2.18. The minimum absolute atomic E-state index is 0.435. The third-order valence-electron chi connectivity index (χ3n) is 3.31. The molecule has 0 bridgehead atoms. The van der Waals surface area contributed by atoms with Gasteiger partial charge in [-0.15, -0.1) is 0 Å².